The van der Waals surface area contributed by atoms with Crippen LogP contribution in [0.15, 0.2) is 47.4 Å². The Balaban J connectivity index is 1.65. The van der Waals surface area contributed by atoms with Crippen LogP contribution < -0.4 is 4.74 Å². The summed E-state index contributed by atoms with van der Waals surface area (Å²) in [6.07, 6.45) is 7.14. The zero-order chi connectivity index (χ0) is 16.1. The molecule has 2 aromatic heterocycles. The third-order valence-corrected chi connectivity index (χ3v) is 3.17. The van der Waals surface area contributed by atoms with Crippen molar-refractivity contribution >= 4 is 11.6 Å². The number of hydrogen-bond acceptors (Lipinski definition) is 6. The van der Waals surface area contributed by atoms with E-state index in [0.717, 1.165) is 22.6 Å². The molecule has 0 radical (unpaired) electrons. The average Bonchev–Trinajstić information content (AvgIpc) is 3.00. The number of rotatable bonds is 5. The summed E-state index contributed by atoms with van der Waals surface area (Å²) in [4.78, 5) is 12.4. The van der Waals surface area contributed by atoms with E-state index >= 15 is 0 Å². The second kappa shape index (κ2) is 6.83. The van der Waals surface area contributed by atoms with Gasteiger partial charge in [-0.1, -0.05) is 17.3 Å². The van der Waals surface area contributed by atoms with E-state index in [2.05, 4.69) is 26.2 Å². The number of hydrogen-bond donors (Lipinski definition) is 0. The highest BCUT2D eigenvalue weighted by molar-refractivity contribution is 5.78. The van der Waals surface area contributed by atoms with Gasteiger partial charge in [0, 0.05) is 19.3 Å². The number of benzene rings is 1. The highest BCUT2D eigenvalue weighted by Crippen LogP contribution is 2.18. The van der Waals surface area contributed by atoms with Crippen LogP contribution in [0.1, 0.15) is 29.9 Å². The second-order valence-electron chi connectivity index (χ2n) is 5.01. The van der Waals surface area contributed by atoms with Gasteiger partial charge in [-0.3, -0.25) is 9.97 Å². The van der Waals surface area contributed by atoms with Gasteiger partial charge in [-0.2, -0.15) is 4.98 Å². The number of aryl methyl sites for hydroxylation is 1. The first kappa shape index (κ1) is 14.9. The minimum Gasteiger partial charge on any atom is -0.485 e. The number of nitrogens with zero attached hydrogens (tertiary/aromatic N) is 4. The smallest absolute Gasteiger partial charge is 0.223 e. The topological polar surface area (TPSA) is 73.9 Å². The van der Waals surface area contributed by atoms with Crippen molar-refractivity contribution in [2.24, 2.45) is 0 Å². The maximum Gasteiger partial charge on any atom is 0.223 e. The molecule has 0 saturated carbocycles. The molecule has 6 heteroatoms. The van der Waals surface area contributed by atoms with E-state index in [9.17, 15) is 0 Å². The van der Waals surface area contributed by atoms with E-state index in [-0.39, 0.29) is 6.61 Å². The summed E-state index contributed by atoms with van der Waals surface area (Å²) in [6.45, 7) is 4.04. The molecule has 23 heavy (non-hydrogen) atoms. The zero-order valence-corrected chi connectivity index (χ0v) is 12.9. The molecule has 0 N–H and O–H groups in total. The largest absolute Gasteiger partial charge is 0.485 e. The standard InChI is InChI=1S/C17H16N4O2/c1-12(16-10-18-7-8-19-16)9-14-3-5-15(6-4-14)22-11-17-20-13(2)23-21-17/h3-10H,11H2,1-2H3. The predicted molar refractivity (Wildman–Crippen MR) is 85.4 cm³/mol. The Morgan fingerprint density at radius 3 is 2.70 bits per heavy atom. The Morgan fingerprint density at radius 2 is 2.04 bits per heavy atom. The van der Waals surface area contributed by atoms with E-state index < -0.39 is 0 Å². The lowest BCUT2D eigenvalue weighted by Gasteiger charge is -2.04. The van der Waals surface area contributed by atoms with Crippen molar-refractivity contribution < 1.29 is 9.26 Å². The molecule has 3 rings (SSSR count). The predicted octanol–water partition coefficient (Wildman–Crippen LogP) is 3.31. The lowest BCUT2D eigenvalue weighted by atomic mass is 10.1. The van der Waals surface area contributed by atoms with Gasteiger partial charge in [0.2, 0.25) is 11.7 Å². The summed E-state index contributed by atoms with van der Waals surface area (Å²) in [7, 11) is 0. The Bertz CT molecular complexity index is 795. The quantitative estimate of drug-likeness (QED) is 0.720. The molecule has 0 amide bonds. The molecule has 0 aliphatic carbocycles. The highest BCUT2D eigenvalue weighted by Gasteiger charge is 2.03. The van der Waals surface area contributed by atoms with E-state index in [1.165, 1.54) is 0 Å². The van der Waals surface area contributed by atoms with Gasteiger partial charge in [-0.15, -0.1) is 0 Å². The number of ether oxygens (including phenoxy) is 1. The lowest BCUT2D eigenvalue weighted by Crippen LogP contribution is -1.97. The first-order valence-electron chi connectivity index (χ1n) is 7.17. The van der Waals surface area contributed by atoms with Crippen LogP contribution in [0.2, 0.25) is 0 Å². The van der Waals surface area contributed by atoms with Gasteiger partial charge < -0.3 is 9.26 Å². The molecule has 0 aliphatic heterocycles. The Morgan fingerprint density at radius 1 is 1.22 bits per heavy atom. The normalized spacial score (nSPS) is 11.5. The van der Waals surface area contributed by atoms with Gasteiger partial charge in [0.25, 0.3) is 0 Å². The van der Waals surface area contributed by atoms with Crippen molar-refractivity contribution in [1.29, 1.82) is 0 Å². The van der Waals surface area contributed by atoms with Crippen LogP contribution in [0, 0.1) is 6.92 Å². The maximum atomic E-state index is 5.62. The summed E-state index contributed by atoms with van der Waals surface area (Å²) < 4.78 is 10.5. The maximum absolute atomic E-state index is 5.62. The van der Waals surface area contributed by atoms with E-state index in [1.807, 2.05) is 31.2 Å². The van der Waals surface area contributed by atoms with Gasteiger partial charge in [0.15, 0.2) is 6.61 Å². The molecule has 0 bridgehead atoms. The Hall–Kier alpha value is -3.02. The second-order valence-corrected chi connectivity index (χ2v) is 5.01. The van der Waals surface area contributed by atoms with Crippen LogP contribution in [0.4, 0.5) is 0 Å². The average molecular weight is 308 g/mol. The minimum absolute atomic E-state index is 0.283. The molecule has 116 valence electrons. The first-order chi connectivity index (χ1) is 11.2. The van der Waals surface area contributed by atoms with Crippen molar-refractivity contribution in [3.8, 4) is 5.75 Å². The molecule has 0 fully saturated rings. The molecular weight excluding hydrogens is 292 g/mol. The monoisotopic (exact) mass is 308 g/mol. The fraction of sp³-hybridized carbons (Fsp3) is 0.176. The Labute approximate surface area is 133 Å². The molecule has 0 atom stereocenters. The van der Waals surface area contributed by atoms with Crippen LogP contribution in [-0.2, 0) is 6.61 Å². The van der Waals surface area contributed by atoms with E-state index in [0.29, 0.717) is 11.7 Å². The molecule has 1 aromatic carbocycles. The van der Waals surface area contributed by atoms with Crippen LogP contribution in [-0.4, -0.2) is 20.1 Å². The van der Waals surface area contributed by atoms with Crippen LogP contribution in [0.3, 0.4) is 0 Å². The molecule has 0 aliphatic rings. The Kier molecular flexibility index (Phi) is 4.42. The minimum atomic E-state index is 0.283. The molecule has 6 nitrogen and oxygen atoms in total. The molecule has 3 aromatic rings. The van der Waals surface area contributed by atoms with Gasteiger partial charge in [-0.05, 0) is 36.3 Å². The van der Waals surface area contributed by atoms with Crippen molar-refractivity contribution in [3.05, 3.63) is 65.8 Å². The number of allylic oxidation sites excluding steroid dienone is 1. The zero-order valence-electron chi connectivity index (χ0n) is 12.9. The van der Waals surface area contributed by atoms with Gasteiger partial charge >= 0.3 is 0 Å². The summed E-state index contributed by atoms with van der Waals surface area (Å²) in [5, 5.41) is 3.79. The lowest BCUT2D eigenvalue weighted by molar-refractivity contribution is 0.285. The highest BCUT2D eigenvalue weighted by atomic mass is 16.5. The molecular formula is C17H16N4O2. The molecule has 2 heterocycles. The van der Waals surface area contributed by atoms with Gasteiger partial charge in [0.05, 0.1) is 11.9 Å². The van der Waals surface area contributed by atoms with Crippen LogP contribution in [0.5, 0.6) is 5.75 Å². The SMILES string of the molecule is CC(=Cc1ccc(OCc2noc(C)n2)cc1)c1cnccn1. The van der Waals surface area contributed by atoms with E-state index in [4.69, 9.17) is 9.26 Å². The summed E-state index contributed by atoms with van der Waals surface area (Å²) >= 11 is 0. The van der Waals surface area contributed by atoms with Crippen molar-refractivity contribution in [2.45, 2.75) is 20.5 Å². The fourth-order valence-corrected chi connectivity index (χ4v) is 2.03. The fourth-order valence-electron chi connectivity index (χ4n) is 2.03. The molecule has 0 saturated heterocycles. The molecule has 0 spiro atoms. The van der Waals surface area contributed by atoms with Crippen LogP contribution >= 0.6 is 0 Å². The number of aromatic nitrogens is 4. The van der Waals surface area contributed by atoms with Crippen molar-refractivity contribution in [2.75, 3.05) is 0 Å². The third kappa shape index (κ3) is 4.00. The summed E-state index contributed by atoms with van der Waals surface area (Å²) in [5.74, 6) is 1.82. The molecule has 0 unspecified atom stereocenters. The first-order valence-corrected chi connectivity index (χ1v) is 7.17. The van der Waals surface area contributed by atoms with Crippen molar-refractivity contribution in [1.82, 2.24) is 20.1 Å². The van der Waals surface area contributed by atoms with Crippen LogP contribution in [0.25, 0.3) is 11.6 Å². The van der Waals surface area contributed by atoms with Gasteiger partial charge in [-0.25, -0.2) is 0 Å². The van der Waals surface area contributed by atoms with Gasteiger partial charge in [0.1, 0.15) is 5.75 Å². The summed E-state index contributed by atoms with van der Waals surface area (Å²) in [6, 6.07) is 7.78. The van der Waals surface area contributed by atoms with Crippen molar-refractivity contribution in [3.63, 3.8) is 0 Å². The summed E-state index contributed by atoms with van der Waals surface area (Å²) in [5.41, 5.74) is 2.98. The third-order valence-electron chi connectivity index (χ3n) is 3.17. The van der Waals surface area contributed by atoms with E-state index in [1.54, 1.807) is 25.5 Å².